The van der Waals surface area contributed by atoms with Crippen LogP contribution < -0.4 is 4.74 Å². The van der Waals surface area contributed by atoms with Gasteiger partial charge in [0.15, 0.2) is 5.75 Å². The summed E-state index contributed by atoms with van der Waals surface area (Å²) in [4.78, 5) is 15.0. The summed E-state index contributed by atoms with van der Waals surface area (Å²) in [5.41, 5.74) is 1.10. The van der Waals surface area contributed by atoms with Crippen LogP contribution in [0.25, 0.3) is 0 Å². The molecule has 3 aromatic carbocycles. The highest BCUT2D eigenvalue weighted by Gasteiger charge is 2.17. The van der Waals surface area contributed by atoms with Gasteiger partial charge in [-0.3, -0.25) is 4.79 Å². The molecule has 8 heteroatoms. The maximum atomic E-state index is 10.9. The molecule has 0 spiro atoms. The average Bonchev–Trinajstić information content (AvgIpc) is 3.28. The lowest BCUT2D eigenvalue weighted by Crippen LogP contribution is -2.02. The van der Waals surface area contributed by atoms with Crippen molar-refractivity contribution in [3.05, 3.63) is 86.8 Å². The first-order valence-corrected chi connectivity index (χ1v) is 10.9. The highest BCUT2D eigenvalue weighted by Crippen LogP contribution is 2.39. The predicted molar refractivity (Wildman–Crippen MR) is 125 cm³/mol. The average molecular weight is 549 g/mol. The van der Waals surface area contributed by atoms with Crippen molar-refractivity contribution in [1.82, 2.24) is 0 Å². The molecule has 0 saturated heterocycles. The van der Waals surface area contributed by atoms with Gasteiger partial charge in [0.1, 0.15) is 18.1 Å². The second kappa shape index (κ2) is 11.0. The minimum Gasteiger partial charge on any atom is -0.507 e. The van der Waals surface area contributed by atoms with Crippen LogP contribution >= 0.6 is 31.9 Å². The van der Waals surface area contributed by atoms with E-state index >= 15 is 0 Å². The summed E-state index contributed by atoms with van der Waals surface area (Å²) in [7, 11) is 0. The summed E-state index contributed by atoms with van der Waals surface area (Å²) in [5, 5.41) is 18.9. The number of hydrogen-bond donors (Lipinski definition) is 2. The lowest BCUT2D eigenvalue weighted by atomic mass is 10.1. The Hall–Kier alpha value is -2.84. The number of phenolic OH excluding ortho intramolecular Hbond substituents is 1. The van der Waals surface area contributed by atoms with E-state index in [1.165, 1.54) is 6.07 Å². The van der Waals surface area contributed by atoms with Gasteiger partial charge in [-0.25, -0.2) is 4.99 Å². The number of aliphatic carboxylic acids is 1. The number of hydrogen-bond acceptors (Lipinski definition) is 5. The molecule has 1 heterocycles. The topological polar surface area (TPSA) is 88.4 Å². The largest absolute Gasteiger partial charge is 0.507 e. The van der Waals surface area contributed by atoms with Crippen molar-refractivity contribution in [1.29, 1.82) is 0 Å². The third kappa shape index (κ3) is 6.57. The number of aliphatic imine (C=N–C) groups is 1. The zero-order valence-electron chi connectivity index (χ0n) is 16.3. The van der Waals surface area contributed by atoms with Crippen molar-refractivity contribution in [2.45, 2.75) is 6.42 Å². The van der Waals surface area contributed by atoms with E-state index in [4.69, 9.17) is 14.6 Å². The van der Waals surface area contributed by atoms with E-state index in [-0.39, 0.29) is 12.2 Å². The molecule has 2 N–H and O–H groups in total. The van der Waals surface area contributed by atoms with Crippen molar-refractivity contribution < 1.29 is 24.5 Å². The molecule has 160 valence electrons. The lowest BCUT2D eigenvalue weighted by molar-refractivity contribution is -0.136. The Morgan fingerprint density at radius 2 is 1.65 bits per heavy atom. The molecule has 0 fully saturated rings. The molecule has 1 aliphatic heterocycles. The standard InChI is InChI=1S/C17H13Br2NO5.C6H6/c18-12-5-9(7-15(22)23)6-13(19)16(12)25-10-1-2-14(21)11(8-10)17-20-3-4-24-17;1-2-4-6-5-3-1/h1-2,5-6,8,21H,3-4,7H2,(H,22,23);1-6H. The van der Waals surface area contributed by atoms with E-state index in [1.54, 1.807) is 24.3 Å². The zero-order valence-corrected chi connectivity index (χ0v) is 19.5. The maximum absolute atomic E-state index is 10.9. The molecule has 0 atom stereocenters. The molecule has 0 radical (unpaired) electrons. The molecular formula is C23H19Br2NO5. The highest BCUT2D eigenvalue weighted by molar-refractivity contribution is 9.11. The Bertz CT molecular complexity index is 1040. The van der Waals surface area contributed by atoms with E-state index in [9.17, 15) is 9.90 Å². The molecule has 31 heavy (non-hydrogen) atoms. The molecule has 1 aliphatic rings. The summed E-state index contributed by atoms with van der Waals surface area (Å²) in [6.45, 7) is 1.05. The van der Waals surface area contributed by atoms with Gasteiger partial charge in [-0.2, -0.15) is 0 Å². The smallest absolute Gasteiger partial charge is 0.307 e. The fraction of sp³-hybridized carbons (Fsp3) is 0.130. The molecule has 0 aromatic heterocycles. The summed E-state index contributed by atoms with van der Waals surface area (Å²) >= 11 is 6.80. The van der Waals surface area contributed by atoms with Gasteiger partial charge in [0.05, 0.1) is 27.5 Å². The van der Waals surface area contributed by atoms with Gasteiger partial charge in [0.25, 0.3) is 0 Å². The third-order valence-electron chi connectivity index (χ3n) is 4.08. The summed E-state index contributed by atoms with van der Waals surface area (Å²) in [6, 6.07) is 20.2. The number of ether oxygens (including phenoxy) is 2. The number of phenols is 1. The highest BCUT2D eigenvalue weighted by atomic mass is 79.9. The van der Waals surface area contributed by atoms with Crippen molar-refractivity contribution in [3.63, 3.8) is 0 Å². The Balaban J connectivity index is 0.000000391. The Labute approximate surface area is 196 Å². The zero-order chi connectivity index (χ0) is 22.2. The van der Waals surface area contributed by atoms with Gasteiger partial charge in [0, 0.05) is 0 Å². The number of nitrogens with zero attached hydrogens (tertiary/aromatic N) is 1. The maximum Gasteiger partial charge on any atom is 0.307 e. The van der Waals surface area contributed by atoms with Gasteiger partial charge in [0.2, 0.25) is 5.90 Å². The molecule has 0 bridgehead atoms. The second-order valence-corrected chi connectivity index (χ2v) is 8.14. The van der Waals surface area contributed by atoms with Crippen molar-refractivity contribution in [3.8, 4) is 17.2 Å². The van der Waals surface area contributed by atoms with Crippen LogP contribution in [0.1, 0.15) is 11.1 Å². The first kappa shape index (κ1) is 22.8. The van der Waals surface area contributed by atoms with Gasteiger partial charge in [-0.15, -0.1) is 0 Å². The van der Waals surface area contributed by atoms with Crippen molar-refractivity contribution in [2.75, 3.05) is 13.2 Å². The fourth-order valence-electron chi connectivity index (χ4n) is 2.74. The number of aromatic hydroxyl groups is 1. The fourth-order valence-corrected chi connectivity index (χ4v) is 4.18. The summed E-state index contributed by atoms with van der Waals surface area (Å²) in [5.74, 6) is 0.521. The molecule has 0 amide bonds. The van der Waals surface area contributed by atoms with E-state index in [1.807, 2.05) is 36.4 Å². The first-order valence-electron chi connectivity index (χ1n) is 9.32. The second-order valence-electron chi connectivity index (χ2n) is 6.43. The number of carboxylic acid groups (broad SMARTS) is 1. The SMILES string of the molecule is O=C(O)Cc1cc(Br)c(Oc2ccc(O)c(C3=NCCO3)c2)c(Br)c1.c1ccccc1. The van der Waals surface area contributed by atoms with Crippen LogP contribution in [-0.2, 0) is 16.0 Å². The number of carboxylic acids is 1. The minimum absolute atomic E-state index is 0.0583. The molecule has 6 nitrogen and oxygen atoms in total. The normalized spacial score (nSPS) is 12.3. The molecule has 0 saturated carbocycles. The number of carbonyl (C=O) groups is 1. The van der Waals surface area contributed by atoms with Crippen LogP contribution in [0.5, 0.6) is 17.2 Å². The molecule has 0 aliphatic carbocycles. The van der Waals surface area contributed by atoms with E-state index in [0.29, 0.717) is 50.6 Å². The third-order valence-corrected chi connectivity index (χ3v) is 5.26. The molecular weight excluding hydrogens is 530 g/mol. The quantitative estimate of drug-likeness (QED) is 0.420. The van der Waals surface area contributed by atoms with Crippen LogP contribution in [0.4, 0.5) is 0 Å². The summed E-state index contributed by atoms with van der Waals surface area (Å²) in [6.07, 6.45) is -0.0853. The van der Waals surface area contributed by atoms with E-state index in [0.717, 1.165) is 0 Å². The molecule has 4 rings (SSSR count). The Morgan fingerprint density at radius 1 is 1.03 bits per heavy atom. The predicted octanol–water partition coefficient (Wildman–Crippen LogP) is 5.80. The Kier molecular flexibility index (Phi) is 8.08. The van der Waals surface area contributed by atoms with Crippen LogP contribution in [0.15, 0.2) is 80.7 Å². The van der Waals surface area contributed by atoms with Gasteiger partial charge in [-0.1, -0.05) is 36.4 Å². The van der Waals surface area contributed by atoms with Crippen LogP contribution in [0.2, 0.25) is 0 Å². The Morgan fingerprint density at radius 3 is 2.16 bits per heavy atom. The van der Waals surface area contributed by atoms with Crippen LogP contribution in [0.3, 0.4) is 0 Å². The molecule has 0 unspecified atom stereocenters. The van der Waals surface area contributed by atoms with Gasteiger partial charge < -0.3 is 19.7 Å². The van der Waals surface area contributed by atoms with Crippen molar-refractivity contribution >= 4 is 43.7 Å². The molecule has 3 aromatic rings. The number of benzene rings is 3. The van der Waals surface area contributed by atoms with Crippen molar-refractivity contribution in [2.24, 2.45) is 4.99 Å². The summed E-state index contributed by atoms with van der Waals surface area (Å²) < 4.78 is 12.5. The lowest BCUT2D eigenvalue weighted by Gasteiger charge is -2.13. The number of rotatable bonds is 5. The first-order chi connectivity index (χ1) is 14.9. The van der Waals surface area contributed by atoms with E-state index in [2.05, 4.69) is 36.9 Å². The van der Waals surface area contributed by atoms with Gasteiger partial charge in [-0.05, 0) is 67.8 Å². The van der Waals surface area contributed by atoms with Crippen LogP contribution in [0, 0.1) is 0 Å². The monoisotopic (exact) mass is 547 g/mol. The minimum atomic E-state index is -0.909. The van der Waals surface area contributed by atoms with E-state index < -0.39 is 5.97 Å². The number of halogens is 2. The van der Waals surface area contributed by atoms with Crippen LogP contribution in [-0.4, -0.2) is 35.2 Å². The van der Waals surface area contributed by atoms with Gasteiger partial charge >= 0.3 is 5.97 Å².